The third-order valence-electron chi connectivity index (χ3n) is 3.77. The fraction of sp³-hybridized carbons (Fsp3) is 0.571. The van der Waals surface area contributed by atoms with Crippen LogP contribution in [-0.2, 0) is 10.3 Å². The monoisotopic (exact) mass is 251 g/mol. The van der Waals surface area contributed by atoms with Gasteiger partial charge in [-0.1, -0.05) is 23.7 Å². The van der Waals surface area contributed by atoms with Crippen molar-refractivity contribution in [3.05, 3.63) is 34.9 Å². The lowest BCUT2D eigenvalue weighted by atomic mass is 10.0. The summed E-state index contributed by atoms with van der Waals surface area (Å²) in [6, 6.07) is 8.74. The van der Waals surface area contributed by atoms with Crippen molar-refractivity contribution in [1.29, 1.82) is 0 Å². The average molecular weight is 252 g/mol. The van der Waals surface area contributed by atoms with Gasteiger partial charge < -0.3 is 10.1 Å². The van der Waals surface area contributed by atoms with Crippen molar-refractivity contribution in [3.8, 4) is 0 Å². The van der Waals surface area contributed by atoms with Gasteiger partial charge in [0, 0.05) is 23.2 Å². The fourth-order valence-electron chi connectivity index (χ4n) is 2.67. The molecular formula is C14H18ClNO. The Labute approximate surface area is 107 Å². The zero-order valence-electron chi connectivity index (χ0n) is 9.92. The summed E-state index contributed by atoms with van der Waals surface area (Å²) in [4.78, 5) is 0. The summed E-state index contributed by atoms with van der Waals surface area (Å²) < 4.78 is 5.53. The van der Waals surface area contributed by atoms with Crippen LogP contribution in [0.2, 0.25) is 5.02 Å². The van der Waals surface area contributed by atoms with Crippen LogP contribution in [0.15, 0.2) is 24.3 Å². The largest absolute Gasteiger partial charge is 0.380 e. The third kappa shape index (κ3) is 2.49. The molecule has 1 aliphatic heterocycles. The lowest BCUT2D eigenvalue weighted by molar-refractivity contribution is 0.0647. The van der Waals surface area contributed by atoms with Crippen molar-refractivity contribution in [2.75, 3.05) is 13.2 Å². The molecule has 0 unspecified atom stereocenters. The summed E-state index contributed by atoms with van der Waals surface area (Å²) in [5.41, 5.74) is 1.51. The van der Waals surface area contributed by atoms with Crippen LogP contribution in [0.4, 0.5) is 0 Å². The van der Waals surface area contributed by atoms with Crippen molar-refractivity contribution >= 4 is 11.6 Å². The summed E-state index contributed by atoms with van der Waals surface area (Å²) in [5, 5.41) is 4.60. The van der Waals surface area contributed by atoms with E-state index in [0.717, 1.165) is 18.2 Å². The Morgan fingerprint density at radius 2 is 2.24 bits per heavy atom. The van der Waals surface area contributed by atoms with Gasteiger partial charge in [-0.2, -0.15) is 0 Å². The van der Waals surface area contributed by atoms with E-state index in [2.05, 4.69) is 17.4 Å². The Kier molecular flexibility index (Phi) is 3.12. The van der Waals surface area contributed by atoms with Crippen LogP contribution >= 0.6 is 11.6 Å². The summed E-state index contributed by atoms with van der Waals surface area (Å²) in [5.74, 6) is 0. The molecule has 1 N–H and O–H groups in total. The molecule has 0 spiro atoms. The molecule has 1 saturated carbocycles. The average Bonchev–Trinajstić information content (AvgIpc) is 3.11. The molecule has 1 aromatic rings. The predicted molar refractivity (Wildman–Crippen MR) is 69.3 cm³/mol. The highest BCUT2D eigenvalue weighted by Gasteiger charge is 2.45. The highest BCUT2D eigenvalue weighted by atomic mass is 35.5. The van der Waals surface area contributed by atoms with E-state index < -0.39 is 0 Å². The maximum atomic E-state index is 6.07. The van der Waals surface area contributed by atoms with Gasteiger partial charge >= 0.3 is 0 Å². The van der Waals surface area contributed by atoms with Crippen LogP contribution < -0.4 is 5.32 Å². The minimum atomic E-state index is 0.177. The van der Waals surface area contributed by atoms with Crippen molar-refractivity contribution in [2.45, 2.75) is 37.3 Å². The second-order valence-electron chi connectivity index (χ2n) is 5.15. The van der Waals surface area contributed by atoms with Crippen LogP contribution in [0, 0.1) is 0 Å². The molecule has 2 nitrogen and oxygen atoms in total. The van der Waals surface area contributed by atoms with Crippen molar-refractivity contribution in [3.63, 3.8) is 0 Å². The Morgan fingerprint density at radius 3 is 2.88 bits per heavy atom. The summed E-state index contributed by atoms with van der Waals surface area (Å²) in [6.07, 6.45) is 4.82. The third-order valence-corrected chi connectivity index (χ3v) is 4.00. The number of ether oxygens (including phenoxy) is 1. The Bertz CT molecular complexity index is 397. The fourth-order valence-corrected chi connectivity index (χ4v) is 2.86. The number of benzene rings is 1. The molecule has 1 saturated heterocycles. The molecule has 1 aromatic carbocycles. The van der Waals surface area contributed by atoms with Crippen LogP contribution in [-0.4, -0.2) is 19.3 Å². The molecule has 3 rings (SSSR count). The summed E-state index contributed by atoms with van der Waals surface area (Å²) in [7, 11) is 0. The van der Waals surface area contributed by atoms with Gasteiger partial charge in [-0.3, -0.25) is 0 Å². The number of nitrogens with one attached hydrogen (secondary N) is 1. The molecule has 1 atom stereocenters. The van der Waals surface area contributed by atoms with Crippen LogP contribution in [0.5, 0.6) is 0 Å². The minimum absolute atomic E-state index is 0.177. The standard InChI is InChI=1S/C14H18ClNO/c15-12-4-1-3-11(9-12)14(6-7-14)16-13-5-2-8-17-10-13/h1,3-4,9,13,16H,2,5-8,10H2/t13-/m1/s1. The first-order valence-corrected chi connectivity index (χ1v) is 6.78. The molecule has 2 fully saturated rings. The Balaban J connectivity index is 1.73. The zero-order valence-corrected chi connectivity index (χ0v) is 10.7. The minimum Gasteiger partial charge on any atom is -0.380 e. The number of halogens is 1. The zero-order chi connectivity index (χ0) is 11.7. The van der Waals surface area contributed by atoms with Crippen LogP contribution in [0.1, 0.15) is 31.2 Å². The van der Waals surface area contributed by atoms with Crippen molar-refractivity contribution < 1.29 is 4.74 Å². The van der Waals surface area contributed by atoms with Crippen LogP contribution in [0.25, 0.3) is 0 Å². The van der Waals surface area contributed by atoms with Gasteiger partial charge in [-0.25, -0.2) is 0 Å². The van der Waals surface area contributed by atoms with Gasteiger partial charge in [0.25, 0.3) is 0 Å². The second-order valence-corrected chi connectivity index (χ2v) is 5.59. The first-order valence-electron chi connectivity index (χ1n) is 6.40. The molecule has 0 amide bonds. The lowest BCUT2D eigenvalue weighted by Gasteiger charge is -2.29. The van der Waals surface area contributed by atoms with Gasteiger partial charge in [0.2, 0.25) is 0 Å². The van der Waals surface area contributed by atoms with Gasteiger partial charge in [-0.05, 0) is 43.4 Å². The van der Waals surface area contributed by atoms with E-state index in [0.29, 0.717) is 6.04 Å². The molecule has 2 aliphatic rings. The molecular weight excluding hydrogens is 234 g/mol. The first kappa shape index (κ1) is 11.5. The smallest absolute Gasteiger partial charge is 0.0619 e. The highest BCUT2D eigenvalue weighted by molar-refractivity contribution is 6.30. The van der Waals surface area contributed by atoms with E-state index in [1.165, 1.54) is 31.2 Å². The molecule has 0 aromatic heterocycles. The van der Waals surface area contributed by atoms with E-state index in [4.69, 9.17) is 16.3 Å². The first-order chi connectivity index (χ1) is 8.28. The Morgan fingerprint density at radius 1 is 1.35 bits per heavy atom. The Hall–Kier alpha value is -0.570. The maximum absolute atomic E-state index is 6.07. The van der Waals surface area contributed by atoms with Gasteiger partial charge in [-0.15, -0.1) is 0 Å². The maximum Gasteiger partial charge on any atom is 0.0619 e. The molecule has 0 bridgehead atoms. The number of hydrogen-bond donors (Lipinski definition) is 1. The van der Waals surface area contributed by atoms with Gasteiger partial charge in [0.15, 0.2) is 0 Å². The van der Waals surface area contributed by atoms with E-state index in [9.17, 15) is 0 Å². The molecule has 17 heavy (non-hydrogen) atoms. The van der Waals surface area contributed by atoms with E-state index >= 15 is 0 Å². The van der Waals surface area contributed by atoms with Crippen molar-refractivity contribution in [1.82, 2.24) is 5.32 Å². The van der Waals surface area contributed by atoms with E-state index in [-0.39, 0.29) is 5.54 Å². The van der Waals surface area contributed by atoms with Crippen molar-refractivity contribution in [2.24, 2.45) is 0 Å². The van der Waals surface area contributed by atoms with E-state index in [1.54, 1.807) is 0 Å². The molecule has 92 valence electrons. The SMILES string of the molecule is Clc1cccc(C2(N[C@@H]3CCCOC3)CC2)c1. The summed E-state index contributed by atoms with van der Waals surface area (Å²) in [6.45, 7) is 1.77. The normalized spacial score (nSPS) is 26.8. The quantitative estimate of drug-likeness (QED) is 0.892. The van der Waals surface area contributed by atoms with Crippen LogP contribution in [0.3, 0.4) is 0 Å². The predicted octanol–water partition coefficient (Wildman–Crippen LogP) is 3.10. The lowest BCUT2D eigenvalue weighted by Crippen LogP contribution is -2.43. The van der Waals surface area contributed by atoms with Gasteiger partial charge in [0.05, 0.1) is 6.61 Å². The number of rotatable bonds is 3. The molecule has 1 heterocycles. The molecule has 3 heteroatoms. The summed E-state index contributed by atoms with van der Waals surface area (Å²) >= 11 is 6.07. The number of hydrogen-bond acceptors (Lipinski definition) is 2. The van der Waals surface area contributed by atoms with Gasteiger partial charge in [0.1, 0.15) is 0 Å². The highest BCUT2D eigenvalue weighted by Crippen LogP contribution is 2.46. The molecule has 1 aliphatic carbocycles. The van der Waals surface area contributed by atoms with E-state index in [1.807, 2.05) is 12.1 Å². The topological polar surface area (TPSA) is 21.3 Å². The molecule has 0 radical (unpaired) electrons. The second kappa shape index (κ2) is 4.60.